The van der Waals surface area contributed by atoms with Crippen LogP contribution >= 0.6 is 0 Å². The number of hydrogen-bond acceptors (Lipinski definition) is 3. The Balaban J connectivity index is 1.26. The Morgan fingerprint density at radius 3 is 2.28 bits per heavy atom. The van der Waals surface area contributed by atoms with Gasteiger partial charge in [-0.3, -0.25) is 0 Å². The van der Waals surface area contributed by atoms with Gasteiger partial charge in [0.25, 0.3) is 0 Å². The number of nitriles is 1. The summed E-state index contributed by atoms with van der Waals surface area (Å²) in [5.74, 6) is 3.34. The van der Waals surface area contributed by atoms with Gasteiger partial charge >= 0.3 is 0 Å². The first kappa shape index (κ1) is 16.3. The molecule has 5 rings (SSSR count). The maximum Gasteiger partial charge on any atom is 0.168 e. The molecule has 1 saturated heterocycles. The van der Waals surface area contributed by atoms with Gasteiger partial charge in [-0.25, -0.2) is 0 Å². The molecule has 0 N–H and O–H groups in total. The number of ether oxygens (including phenoxy) is 2. The molecular weight excluding hydrogens is 310 g/mol. The van der Waals surface area contributed by atoms with Crippen molar-refractivity contribution in [3.63, 3.8) is 0 Å². The van der Waals surface area contributed by atoms with E-state index in [-0.39, 0.29) is 11.2 Å². The summed E-state index contributed by atoms with van der Waals surface area (Å²) in [4.78, 5) is 0. The second-order valence-electron chi connectivity index (χ2n) is 10.2. The predicted octanol–water partition coefficient (Wildman–Crippen LogP) is 4.83. The summed E-state index contributed by atoms with van der Waals surface area (Å²) in [7, 11) is 0. The van der Waals surface area contributed by atoms with Crippen molar-refractivity contribution in [2.75, 3.05) is 13.2 Å². The van der Waals surface area contributed by atoms with Gasteiger partial charge in [-0.2, -0.15) is 5.26 Å². The number of rotatable bonds is 0. The molecule has 5 aliphatic rings. The van der Waals surface area contributed by atoms with Crippen LogP contribution < -0.4 is 0 Å². The Morgan fingerprint density at radius 2 is 1.60 bits per heavy atom. The van der Waals surface area contributed by atoms with Crippen LogP contribution in [0.2, 0.25) is 0 Å². The molecule has 2 bridgehead atoms. The van der Waals surface area contributed by atoms with E-state index in [2.05, 4.69) is 19.9 Å². The highest BCUT2D eigenvalue weighted by molar-refractivity contribution is 5.26. The van der Waals surface area contributed by atoms with E-state index >= 15 is 0 Å². The maximum atomic E-state index is 9.41. The van der Waals surface area contributed by atoms with Gasteiger partial charge in [-0.05, 0) is 62.2 Å². The largest absolute Gasteiger partial charge is 0.349 e. The molecular formula is C22H31NO2. The standard InChI is InChI=1S/C22H31NO2/c1-21(2)12-24-22(25-13-21)5-3-14(4-6-22)15-8-18-16-7-17(11-23)19(10-16)20(18)9-15/h16-20H,3-10,12-13H2,1-2H3/t16-,17+,18+,19-,20+/m0/s1. The minimum Gasteiger partial charge on any atom is -0.349 e. The fourth-order valence-electron chi connectivity index (χ4n) is 6.62. The molecule has 0 aromatic heterocycles. The molecule has 25 heavy (non-hydrogen) atoms. The third-order valence-corrected chi connectivity index (χ3v) is 8.05. The first-order valence-electron chi connectivity index (χ1n) is 10.4. The van der Waals surface area contributed by atoms with E-state index in [9.17, 15) is 5.26 Å². The molecule has 136 valence electrons. The Labute approximate surface area is 151 Å². The van der Waals surface area contributed by atoms with E-state index in [4.69, 9.17) is 9.47 Å². The van der Waals surface area contributed by atoms with Crippen molar-refractivity contribution < 1.29 is 9.47 Å². The molecule has 1 spiro atoms. The summed E-state index contributed by atoms with van der Waals surface area (Å²) >= 11 is 0. The average Bonchev–Trinajstić information content (AvgIpc) is 3.29. The van der Waals surface area contributed by atoms with E-state index in [1.54, 1.807) is 11.1 Å². The summed E-state index contributed by atoms with van der Waals surface area (Å²) < 4.78 is 12.4. The van der Waals surface area contributed by atoms with Crippen molar-refractivity contribution in [2.24, 2.45) is 35.0 Å². The average molecular weight is 341 g/mol. The van der Waals surface area contributed by atoms with Gasteiger partial charge in [0.15, 0.2) is 5.79 Å². The van der Waals surface area contributed by atoms with Crippen LogP contribution in [0.4, 0.5) is 0 Å². The first-order valence-corrected chi connectivity index (χ1v) is 10.4. The lowest BCUT2D eigenvalue weighted by molar-refractivity contribution is -0.307. The second kappa shape index (κ2) is 5.57. The Bertz CT molecular complexity index is 621. The third-order valence-electron chi connectivity index (χ3n) is 8.05. The quantitative estimate of drug-likeness (QED) is 0.593. The Morgan fingerprint density at radius 1 is 0.920 bits per heavy atom. The molecule has 5 atom stereocenters. The van der Waals surface area contributed by atoms with E-state index in [1.165, 1.54) is 25.7 Å². The van der Waals surface area contributed by atoms with Crippen molar-refractivity contribution in [1.82, 2.24) is 0 Å². The smallest absolute Gasteiger partial charge is 0.168 e. The molecule has 3 nitrogen and oxygen atoms in total. The fourth-order valence-corrected chi connectivity index (χ4v) is 6.62. The summed E-state index contributed by atoms with van der Waals surface area (Å²) in [5.41, 5.74) is 3.63. The molecule has 1 heterocycles. The van der Waals surface area contributed by atoms with Crippen LogP contribution in [0.3, 0.4) is 0 Å². The maximum absolute atomic E-state index is 9.41. The van der Waals surface area contributed by atoms with E-state index < -0.39 is 0 Å². The number of nitrogens with zero attached hydrogens (tertiary/aromatic N) is 1. The molecule has 5 fully saturated rings. The minimum absolute atomic E-state index is 0.156. The zero-order valence-corrected chi connectivity index (χ0v) is 15.7. The number of fused-ring (bicyclic) bond motifs is 5. The number of allylic oxidation sites excluding steroid dienone is 2. The first-order chi connectivity index (χ1) is 12.0. The Hall–Kier alpha value is -0.850. The van der Waals surface area contributed by atoms with Crippen molar-refractivity contribution >= 4 is 0 Å². The highest BCUT2D eigenvalue weighted by Crippen LogP contribution is 2.62. The van der Waals surface area contributed by atoms with E-state index in [0.717, 1.165) is 56.7 Å². The van der Waals surface area contributed by atoms with Gasteiger partial charge in [-0.15, -0.1) is 0 Å². The highest BCUT2D eigenvalue weighted by Gasteiger charge is 2.55. The summed E-state index contributed by atoms with van der Waals surface area (Å²) in [6.07, 6.45) is 9.54. The van der Waals surface area contributed by atoms with Crippen LogP contribution in [0, 0.1) is 46.3 Å². The molecule has 4 saturated carbocycles. The van der Waals surface area contributed by atoms with Gasteiger partial charge in [0.2, 0.25) is 0 Å². The summed E-state index contributed by atoms with van der Waals surface area (Å²) in [6, 6.07) is 2.60. The van der Waals surface area contributed by atoms with Crippen LogP contribution in [-0.2, 0) is 9.47 Å². The van der Waals surface area contributed by atoms with Crippen LogP contribution in [0.5, 0.6) is 0 Å². The summed E-state index contributed by atoms with van der Waals surface area (Å²) in [6.45, 7) is 6.08. The molecule has 4 aliphatic carbocycles. The lowest BCUT2D eigenvalue weighted by Gasteiger charge is -2.46. The zero-order valence-electron chi connectivity index (χ0n) is 15.7. The van der Waals surface area contributed by atoms with Crippen molar-refractivity contribution in [3.05, 3.63) is 11.1 Å². The van der Waals surface area contributed by atoms with Gasteiger partial charge in [0.1, 0.15) is 0 Å². The van der Waals surface area contributed by atoms with Gasteiger partial charge in [0.05, 0.1) is 19.3 Å². The monoisotopic (exact) mass is 341 g/mol. The molecule has 1 aliphatic heterocycles. The molecule has 0 amide bonds. The molecule has 0 unspecified atom stereocenters. The molecule has 0 radical (unpaired) electrons. The van der Waals surface area contributed by atoms with Crippen LogP contribution in [0.15, 0.2) is 11.1 Å². The minimum atomic E-state index is -0.293. The SMILES string of the molecule is CC1(C)COC2(CCC(=C3C[C@@H]4[C@H](C3)[C@@H]3C[C@H]4[C@@H](C#N)C3)CC2)OC1. The second-order valence-corrected chi connectivity index (χ2v) is 10.2. The Kier molecular flexibility index (Phi) is 3.64. The number of hydrogen-bond donors (Lipinski definition) is 0. The topological polar surface area (TPSA) is 42.2 Å². The highest BCUT2D eigenvalue weighted by atomic mass is 16.7. The molecule has 0 aromatic rings. The van der Waals surface area contributed by atoms with Crippen molar-refractivity contribution in [3.8, 4) is 6.07 Å². The van der Waals surface area contributed by atoms with Crippen LogP contribution in [-0.4, -0.2) is 19.0 Å². The van der Waals surface area contributed by atoms with Crippen molar-refractivity contribution in [1.29, 1.82) is 5.26 Å². The normalized spacial score (nSPS) is 44.1. The summed E-state index contributed by atoms with van der Waals surface area (Å²) in [5, 5.41) is 9.41. The lowest BCUT2D eigenvalue weighted by atomic mass is 9.76. The van der Waals surface area contributed by atoms with Gasteiger partial charge < -0.3 is 9.47 Å². The fraction of sp³-hybridized carbons (Fsp3) is 0.864. The van der Waals surface area contributed by atoms with Gasteiger partial charge in [-0.1, -0.05) is 25.0 Å². The van der Waals surface area contributed by atoms with Gasteiger partial charge in [0, 0.05) is 24.2 Å². The molecule has 3 heteroatoms. The van der Waals surface area contributed by atoms with Crippen LogP contribution in [0.25, 0.3) is 0 Å². The lowest BCUT2D eigenvalue weighted by Crippen LogP contribution is -2.48. The third kappa shape index (κ3) is 2.60. The van der Waals surface area contributed by atoms with E-state index in [0.29, 0.717) is 11.8 Å². The van der Waals surface area contributed by atoms with E-state index in [1.807, 2.05) is 0 Å². The van der Waals surface area contributed by atoms with Crippen molar-refractivity contribution in [2.45, 2.75) is 71.0 Å². The molecule has 0 aromatic carbocycles. The van der Waals surface area contributed by atoms with Crippen LogP contribution in [0.1, 0.15) is 65.2 Å². The zero-order chi connectivity index (χ0) is 17.2. The predicted molar refractivity (Wildman–Crippen MR) is 95.4 cm³/mol.